The van der Waals surface area contributed by atoms with Crippen LogP contribution in [0.1, 0.15) is 32.1 Å². The fourth-order valence-electron chi connectivity index (χ4n) is 2.24. The second-order valence-corrected chi connectivity index (χ2v) is 8.41. The van der Waals surface area contributed by atoms with Gasteiger partial charge in [0.2, 0.25) is 10.0 Å². The lowest BCUT2D eigenvalue weighted by atomic mass is 10.2. The van der Waals surface area contributed by atoms with E-state index in [0.717, 1.165) is 11.3 Å². The van der Waals surface area contributed by atoms with Crippen molar-refractivity contribution in [3.63, 3.8) is 0 Å². The topological polar surface area (TPSA) is 49.4 Å². The molecule has 2 rings (SSSR count). The Morgan fingerprint density at radius 1 is 1.53 bits per heavy atom. The highest BCUT2D eigenvalue weighted by atomic mass is 32.2. The predicted molar refractivity (Wildman–Crippen MR) is 78.8 cm³/mol. The van der Waals surface area contributed by atoms with Crippen molar-refractivity contribution >= 4 is 21.4 Å². The molecule has 19 heavy (non-hydrogen) atoms. The summed E-state index contributed by atoms with van der Waals surface area (Å²) in [6.45, 7) is 8.14. The molecule has 0 radical (unpaired) electrons. The van der Waals surface area contributed by atoms with Crippen molar-refractivity contribution in [1.29, 1.82) is 0 Å². The zero-order chi connectivity index (χ0) is 14.0. The van der Waals surface area contributed by atoms with Crippen molar-refractivity contribution in [3.8, 4) is 0 Å². The predicted octanol–water partition coefficient (Wildman–Crippen LogP) is 2.28. The van der Waals surface area contributed by atoms with E-state index in [9.17, 15) is 8.42 Å². The fourth-order valence-corrected chi connectivity index (χ4v) is 5.18. The van der Waals surface area contributed by atoms with Crippen LogP contribution >= 0.6 is 11.3 Å². The Balaban J connectivity index is 2.19. The Morgan fingerprint density at radius 3 is 2.84 bits per heavy atom. The van der Waals surface area contributed by atoms with E-state index in [0.29, 0.717) is 36.5 Å². The monoisotopic (exact) mass is 302 g/mol. The summed E-state index contributed by atoms with van der Waals surface area (Å²) in [5.41, 5.74) is 0. The lowest BCUT2D eigenvalue weighted by molar-refractivity contribution is 0.463. The lowest BCUT2D eigenvalue weighted by Crippen LogP contribution is -2.30. The molecule has 0 aliphatic carbocycles. The molecule has 1 aliphatic rings. The van der Waals surface area contributed by atoms with Crippen LogP contribution in [0, 0.1) is 5.92 Å². The van der Waals surface area contributed by atoms with Gasteiger partial charge in [0.1, 0.15) is 0 Å². The van der Waals surface area contributed by atoms with Gasteiger partial charge in [-0.3, -0.25) is 0 Å². The first-order valence-corrected chi connectivity index (χ1v) is 9.03. The van der Waals surface area contributed by atoms with Gasteiger partial charge >= 0.3 is 0 Å². The van der Waals surface area contributed by atoms with E-state index in [4.69, 9.17) is 0 Å². The highest BCUT2D eigenvalue weighted by Gasteiger charge is 2.32. The third-order valence-electron chi connectivity index (χ3n) is 3.38. The second kappa shape index (κ2) is 5.91. The molecule has 1 aromatic rings. The van der Waals surface area contributed by atoms with Gasteiger partial charge in [-0.25, -0.2) is 8.42 Å². The first-order chi connectivity index (χ1) is 8.91. The van der Waals surface area contributed by atoms with Gasteiger partial charge < -0.3 is 5.32 Å². The van der Waals surface area contributed by atoms with Crippen LogP contribution in [0.2, 0.25) is 0 Å². The summed E-state index contributed by atoms with van der Waals surface area (Å²) < 4.78 is 26.8. The van der Waals surface area contributed by atoms with E-state index in [1.54, 1.807) is 10.4 Å². The highest BCUT2D eigenvalue weighted by molar-refractivity contribution is 7.89. The van der Waals surface area contributed by atoms with E-state index in [1.165, 1.54) is 11.3 Å². The third kappa shape index (κ3) is 3.37. The molecule has 6 heteroatoms. The molecule has 0 bridgehead atoms. The number of nitrogens with one attached hydrogen (secondary N) is 1. The van der Waals surface area contributed by atoms with Crippen molar-refractivity contribution in [1.82, 2.24) is 9.62 Å². The molecule has 0 spiro atoms. The molecule has 1 N–H and O–H groups in total. The smallest absolute Gasteiger partial charge is 0.244 e. The summed E-state index contributed by atoms with van der Waals surface area (Å²) in [7, 11) is -3.30. The first-order valence-electron chi connectivity index (χ1n) is 6.71. The Bertz CT molecular complexity index is 523. The van der Waals surface area contributed by atoms with Crippen LogP contribution in [0.4, 0.5) is 0 Å². The van der Waals surface area contributed by atoms with Crippen molar-refractivity contribution < 1.29 is 8.42 Å². The number of hydrogen-bond acceptors (Lipinski definition) is 4. The maximum absolute atomic E-state index is 12.6. The summed E-state index contributed by atoms with van der Waals surface area (Å²) >= 11 is 1.51. The van der Waals surface area contributed by atoms with Gasteiger partial charge in [-0.15, -0.1) is 11.3 Å². The number of nitrogens with zero attached hydrogens (tertiary/aromatic N) is 1. The minimum atomic E-state index is -3.30. The molecule has 1 fully saturated rings. The summed E-state index contributed by atoms with van der Waals surface area (Å²) in [4.78, 5) is 1.40. The highest BCUT2D eigenvalue weighted by Crippen LogP contribution is 2.29. The SMILES string of the molecule is CC1CCN(S(=O)(=O)c2ccsc2CNC(C)C)C1. The summed E-state index contributed by atoms with van der Waals surface area (Å²) in [6.07, 6.45) is 0.961. The Hall–Kier alpha value is -0.430. The summed E-state index contributed by atoms with van der Waals surface area (Å²) in [5.74, 6) is 0.464. The Morgan fingerprint density at radius 2 is 2.26 bits per heavy atom. The number of sulfonamides is 1. The van der Waals surface area contributed by atoms with Gasteiger partial charge in [-0.05, 0) is 23.8 Å². The molecule has 0 saturated carbocycles. The van der Waals surface area contributed by atoms with E-state index in [2.05, 4.69) is 26.1 Å². The van der Waals surface area contributed by atoms with Crippen LogP contribution in [0.5, 0.6) is 0 Å². The molecule has 4 nitrogen and oxygen atoms in total. The molecule has 1 aromatic heterocycles. The molecule has 1 aliphatic heterocycles. The van der Waals surface area contributed by atoms with Gasteiger partial charge in [0, 0.05) is 30.6 Å². The molecule has 1 atom stereocenters. The summed E-state index contributed by atoms with van der Waals surface area (Å²) in [5, 5.41) is 5.15. The quantitative estimate of drug-likeness (QED) is 0.908. The van der Waals surface area contributed by atoms with Crippen molar-refractivity contribution in [2.24, 2.45) is 5.92 Å². The van der Waals surface area contributed by atoms with Crippen LogP contribution in [0.15, 0.2) is 16.3 Å². The van der Waals surface area contributed by atoms with E-state index >= 15 is 0 Å². The average molecular weight is 302 g/mol. The zero-order valence-electron chi connectivity index (χ0n) is 11.7. The fraction of sp³-hybridized carbons (Fsp3) is 0.692. The minimum Gasteiger partial charge on any atom is -0.310 e. The van der Waals surface area contributed by atoms with Gasteiger partial charge in [-0.2, -0.15) is 4.31 Å². The molecule has 0 aromatic carbocycles. The number of hydrogen-bond donors (Lipinski definition) is 1. The molecule has 1 saturated heterocycles. The molecule has 0 amide bonds. The number of thiophene rings is 1. The third-order valence-corrected chi connectivity index (χ3v) is 6.38. The van der Waals surface area contributed by atoms with Crippen molar-refractivity contribution in [2.45, 2.75) is 44.7 Å². The maximum Gasteiger partial charge on any atom is 0.244 e. The van der Waals surface area contributed by atoms with Crippen LogP contribution in [-0.2, 0) is 16.6 Å². The molecular weight excluding hydrogens is 280 g/mol. The second-order valence-electron chi connectivity index (χ2n) is 5.50. The van der Waals surface area contributed by atoms with Gasteiger partial charge in [0.25, 0.3) is 0 Å². The molecule has 1 unspecified atom stereocenters. The standard InChI is InChI=1S/C13H22N2O2S2/c1-10(2)14-8-12-13(5-7-18-12)19(16,17)15-6-4-11(3)9-15/h5,7,10-11,14H,4,6,8-9H2,1-3H3. The molecule has 2 heterocycles. The number of rotatable bonds is 5. The largest absolute Gasteiger partial charge is 0.310 e. The van der Waals surface area contributed by atoms with Crippen molar-refractivity contribution in [3.05, 3.63) is 16.3 Å². The normalized spacial score (nSPS) is 21.4. The van der Waals surface area contributed by atoms with E-state index in [-0.39, 0.29) is 0 Å². The molecular formula is C13H22N2O2S2. The first kappa shape index (κ1) is 15.0. The van der Waals surface area contributed by atoms with Crippen LogP contribution < -0.4 is 5.32 Å². The zero-order valence-corrected chi connectivity index (χ0v) is 13.4. The van der Waals surface area contributed by atoms with Gasteiger partial charge in [-0.1, -0.05) is 20.8 Å². The Kier molecular flexibility index (Phi) is 4.66. The van der Waals surface area contributed by atoms with Crippen molar-refractivity contribution in [2.75, 3.05) is 13.1 Å². The maximum atomic E-state index is 12.6. The van der Waals surface area contributed by atoms with Crippen LogP contribution in [0.3, 0.4) is 0 Å². The molecule has 108 valence electrons. The minimum absolute atomic E-state index is 0.351. The van der Waals surface area contributed by atoms with Gasteiger partial charge in [0.05, 0.1) is 4.90 Å². The average Bonchev–Trinajstić information content (AvgIpc) is 2.94. The van der Waals surface area contributed by atoms with Gasteiger partial charge in [0.15, 0.2) is 0 Å². The van der Waals surface area contributed by atoms with Crippen LogP contribution in [-0.4, -0.2) is 31.9 Å². The van der Waals surface area contributed by atoms with Crippen LogP contribution in [0.25, 0.3) is 0 Å². The Labute approximate surface area is 119 Å². The van der Waals surface area contributed by atoms with E-state index < -0.39 is 10.0 Å². The van der Waals surface area contributed by atoms with E-state index in [1.807, 2.05) is 5.38 Å². The lowest BCUT2D eigenvalue weighted by Gasteiger charge is -2.17. The summed E-state index contributed by atoms with van der Waals surface area (Å²) in [6, 6.07) is 2.09.